The highest BCUT2D eigenvalue weighted by atomic mass is 16.3. The smallest absolute Gasteiger partial charge is 0.187 e. The van der Waals surface area contributed by atoms with Crippen LogP contribution in [-0.2, 0) is 5.60 Å². The molecular weight excluding hydrogens is 250 g/mol. The Hall–Kier alpha value is -1.87. The quantitative estimate of drug-likeness (QED) is 0.912. The van der Waals surface area contributed by atoms with Crippen LogP contribution in [0, 0.1) is 20.8 Å². The molecule has 0 fully saturated rings. The van der Waals surface area contributed by atoms with E-state index in [1.54, 1.807) is 26.1 Å². The number of pyridine rings is 1. The van der Waals surface area contributed by atoms with E-state index in [-0.39, 0.29) is 5.43 Å². The van der Waals surface area contributed by atoms with Gasteiger partial charge in [0.15, 0.2) is 5.43 Å². The molecule has 1 N–H and O–H groups in total. The average molecular weight is 271 g/mol. The van der Waals surface area contributed by atoms with Gasteiger partial charge < -0.3 is 9.67 Å². The molecule has 3 nitrogen and oxygen atoms in total. The van der Waals surface area contributed by atoms with Crippen LogP contribution >= 0.6 is 0 Å². The zero-order valence-electron chi connectivity index (χ0n) is 12.7. The molecule has 0 saturated carbocycles. The van der Waals surface area contributed by atoms with Crippen molar-refractivity contribution in [1.29, 1.82) is 0 Å². The van der Waals surface area contributed by atoms with Gasteiger partial charge in [0.05, 0.1) is 5.60 Å². The van der Waals surface area contributed by atoms with E-state index in [2.05, 4.69) is 19.9 Å². The van der Waals surface area contributed by atoms with Gasteiger partial charge in [-0.3, -0.25) is 4.79 Å². The standard InChI is InChI=1S/C17H21NO2/c1-11-7-6-8-15(13(11)3)18-10-14(17(4,5)20)16(19)9-12(18)2/h6-10,20H,1-5H3. The van der Waals surface area contributed by atoms with E-state index >= 15 is 0 Å². The number of nitrogens with zero attached hydrogens (tertiary/aromatic N) is 1. The van der Waals surface area contributed by atoms with E-state index in [4.69, 9.17) is 0 Å². The van der Waals surface area contributed by atoms with Crippen molar-refractivity contribution in [3.63, 3.8) is 0 Å². The van der Waals surface area contributed by atoms with E-state index in [0.29, 0.717) is 5.56 Å². The molecule has 1 aromatic heterocycles. The van der Waals surface area contributed by atoms with Crippen molar-refractivity contribution in [2.75, 3.05) is 0 Å². The van der Waals surface area contributed by atoms with Crippen molar-refractivity contribution in [2.24, 2.45) is 0 Å². The van der Waals surface area contributed by atoms with Gasteiger partial charge in [-0.15, -0.1) is 0 Å². The zero-order chi connectivity index (χ0) is 15.1. The zero-order valence-corrected chi connectivity index (χ0v) is 12.7. The summed E-state index contributed by atoms with van der Waals surface area (Å²) in [4.78, 5) is 12.0. The maximum atomic E-state index is 12.0. The Kier molecular flexibility index (Phi) is 3.57. The van der Waals surface area contributed by atoms with Crippen LogP contribution in [0.2, 0.25) is 0 Å². The van der Waals surface area contributed by atoms with Gasteiger partial charge in [0.2, 0.25) is 0 Å². The van der Waals surface area contributed by atoms with E-state index in [1.165, 1.54) is 11.1 Å². The van der Waals surface area contributed by atoms with Crippen molar-refractivity contribution in [3.8, 4) is 5.69 Å². The van der Waals surface area contributed by atoms with E-state index < -0.39 is 5.60 Å². The van der Waals surface area contributed by atoms with Gasteiger partial charge in [0.25, 0.3) is 0 Å². The lowest BCUT2D eigenvalue weighted by molar-refractivity contribution is 0.0769. The van der Waals surface area contributed by atoms with E-state index in [1.807, 2.05) is 23.6 Å². The molecule has 1 heterocycles. The summed E-state index contributed by atoms with van der Waals surface area (Å²) in [6.45, 7) is 9.29. The second-order valence-corrected chi connectivity index (χ2v) is 5.84. The van der Waals surface area contributed by atoms with Gasteiger partial charge in [-0.25, -0.2) is 0 Å². The molecule has 0 amide bonds. The molecule has 0 radical (unpaired) electrons. The lowest BCUT2D eigenvalue weighted by atomic mass is 9.99. The van der Waals surface area contributed by atoms with E-state index in [9.17, 15) is 9.90 Å². The highest BCUT2D eigenvalue weighted by Crippen LogP contribution is 2.22. The van der Waals surface area contributed by atoms with Gasteiger partial charge >= 0.3 is 0 Å². The lowest BCUT2D eigenvalue weighted by Gasteiger charge is -2.21. The van der Waals surface area contributed by atoms with Crippen molar-refractivity contribution in [2.45, 2.75) is 40.2 Å². The fourth-order valence-electron chi connectivity index (χ4n) is 2.35. The average Bonchev–Trinajstić information content (AvgIpc) is 2.32. The van der Waals surface area contributed by atoms with Gasteiger partial charge in [-0.1, -0.05) is 12.1 Å². The lowest BCUT2D eigenvalue weighted by Crippen LogP contribution is -2.27. The predicted molar refractivity (Wildman–Crippen MR) is 81.5 cm³/mol. The number of rotatable bonds is 2. The van der Waals surface area contributed by atoms with Crippen molar-refractivity contribution in [3.05, 3.63) is 63.1 Å². The number of benzene rings is 1. The molecule has 0 aliphatic carbocycles. The normalized spacial score (nSPS) is 11.7. The molecule has 0 bridgehead atoms. The van der Waals surface area contributed by atoms with Gasteiger partial charge in [0.1, 0.15) is 0 Å². The van der Waals surface area contributed by atoms with Crippen molar-refractivity contribution >= 4 is 0 Å². The van der Waals surface area contributed by atoms with Crippen LogP contribution in [0.4, 0.5) is 0 Å². The Bertz CT molecular complexity index is 706. The summed E-state index contributed by atoms with van der Waals surface area (Å²) in [5, 5.41) is 10.1. The number of aliphatic hydroxyl groups is 1. The first-order valence-corrected chi connectivity index (χ1v) is 6.74. The van der Waals surface area contributed by atoms with Gasteiger partial charge in [0, 0.05) is 29.2 Å². The Morgan fingerprint density at radius 2 is 1.80 bits per heavy atom. The molecule has 0 atom stereocenters. The first-order valence-electron chi connectivity index (χ1n) is 6.74. The Balaban J connectivity index is 2.75. The topological polar surface area (TPSA) is 42.2 Å². The third kappa shape index (κ3) is 2.54. The fraction of sp³-hybridized carbons (Fsp3) is 0.353. The van der Waals surface area contributed by atoms with Crippen molar-refractivity contribution in [1.82, 2.24) is 4.57 Å². The van der Waals surface area contributed by atoms with Crippen LogP contribution in [-0.4, -0.2) is 9.67 Å². The third-order valence-electron chi connectivity index (χ3n) is 3.74. The highest BCUT2D eigenvalue weighted by Gasteiger charge is 2.21. The summed E-state index contributed by atoms with van der Waals surface area (Å²) in [7, 11) is 0. The molecule has 0 unspecified atom stereocenters. The summed E-state index contributed by atoms with van der Waals surface area (Å²) in [6.07, 6.45) is 1.75. The number of aryl methyl sites for hydroxylation is 2. The first kappa shape index (κ1) is 14.5. The predicted octanol–water partition coefficient (Wildman–Crippen LogP) is 2.99. The molecule has 3 heteroatoms. The molecule has 2 rings (SSSR count). The number of hydrogen-bond donors (Lipinski definition) is 1. The number of hydrogen-bond acceptors (Lipinski definition) is 2. The monoisotopic (exact) mass is 271 g/mol. The molecule has 2 aromatic rings. The summed E-state index contributed by atoms with van der Waals surface area (Å²) in [5.41, 5.74) is 3.39. The molecular formula is C17H21NO2. The Labute approximate surface area is 119 Å². The minimum Gasteiger partial charge on any atom is -0.386 e. The molecule has 1 aromatic carbocycles. The maximum absolute atomic E-state index is 12.0. The van der Waals surface area contributed by atoms with Crippen LogP contribution in [0.15, 0.2) is 35.3 Å². The Morgan fingerprint density at radius 1 is 1.15 bits per heavy atom. The molecule has 0 spiro atoms. The van der Waals surface area contributed by atoms with Crippen LogP contribution in [0.5, 0.6) is 0 Å². The van der Waals surface area contributed by atoms with Crippen LogP contribution in [0.3, 0.4) is 0 Å². The van der Waals surface area contributed by atoms with Crippen molar-refractivity contribution < 1.29 is 5.11 Å². The minimum absolute atomic E-state index is 0.128. The second kappa shape index (κ2) is 4.91. The van der Waals surface area contributed by atoms with E-state index in [0.717, 1.165) is 11.4 Å². The SMILES string of the molecule is Cc1cccc(-n2cc(C(C)(C)O)c(=O)cc2C)c1C. The third-order valence-corrected chi connectivity index (χ3v) is 3.74. The highest BCUT2D eigenvalue weighted by molar-refractivity contribution is 5.46. The summed E-state index contributed by atoms with van der Waals surface area (Å²) in [6, 6.07) is 7.66. The molecule has 106 valence electrons. The number of aromatic nitrogens is 1. The van der Waals surface area contributed by atoms with Crippen LogP contribution in [0.1, 0.15) is 36.2 Å². The maximum Gasteiger partial charge on any atom is 0.187 e. The first-order chi connectivity index (χ1) is 9.21. The molecule has 0 aliphatic rings. The fourth-order valence-corrected chi connectivity index (χ4v) is 2.35. The van der Waals surface area contributed by atoms with Crippen LogP contribution in [0.25, 0.3) is 5.69 Å². The summed E-state index contributed by atoms with van der Waals surface area (Å²) < 4.78 is 1.97. The van der Waals surface area contributed by atoms with Gasteiger partial charge in [-0.2, -0.15) is 0 Å². The largest absolute Gasteiger partial charge is 0.386 e. The molecule has 0 saturated heterocycles. The Morgan fingerprint density at radius 3 is 2.40 bits per heavy atom. The minimum atomic E-state index is -1.15. The molecule has 0 aliphatic heterocycles. The van der Waals surface area contributed by atoms with Gasteiger partial charge in [-0.05, 0) is 51.8 Å². The summed E-state index contributed by atoms with van der Waals surface area (Å²) >= 11 is 0. The van der Waals surface area contributed by atoms with Crippen LogP contribution < -0.4 is 5.43 Å². The second-order valence-electron chi connectivity index (χ2n) is 5.84. The molecule has 20 heavy (non-hydrogen) atoms. The summed E-state index contributed by atoms with van der Waals surface area (Å²) in [5.74, 6) is 0.